The summed E-state index contributed by atoms with van der Waals surface area (Å²) in [5, 5.41) is 29.0. The lowest BCUT2D eigenvalue weighted by Gasteiger charge is -2.48. The second-order valence-electron chi connectivity index (χ2n) is 21.5. The number of amides is 4. The Morgan fingerprint density at radius 1 is 0.608 bits per heavy atom. The quantitative estimate of drug-likeness (QED) is 0.0655. The fourth-order valence-electron chi connectivity index (χ4n) is 11.1. The van der Waals surface area contributed by atoms with Crippen molar-refractivity contribution in [3.8, 4) is 11.9 Å². The lowest BCUT2D eigenvalue weighted by molar-refractivity contribution is 0.0652. The van der Waals surface area contributed by atoms with Gasteiger partial charge in [-0.3, -0.25) is 14.7 Å². The maximum Gasteiger partial charge on any atom is 0.322 e. The molecule has 23 nitrogen and oxygen atoms in total. The van der Waals surface area contributed by atoms with Gasteiger partial charge in [0.05, 0.1) is 68.4 Å². The minimum absolute atomic E-state index is 0.00740. The fraction of sp³-hybridized carbons (Fsp3) is 0.444. The van der Waals surface area contributed by atoms with Gasteiger partial charge in [-0.25, -0.2) is 39.5 Å². The van der Waals surface area contributed by atoms with Crippen molar-refractivity contribution in [2.24, 2.45) is 5.11 Å². The molecule has 2 spiro atoms. The molecule has 2 aliphatic heterocycles. The number of carbonyl (C=O) groups excluding carboxylic acids is 2. The highest BCUT2D eigenvalue weighted by Crippen LogP contribution is 2.47. The summed E-state index contributed by atoms with van der Waals surface area (Å²) in [5.41, 5.74) is 13.3. The van der Waals surface area contributed by atoms with E-state index in [1.54, 1.807) is 39.1 Å². The molecule has 7 aromatic rings. The predicted octanol–water partition coefficient (Wildman–Crippen LogP) is 9.18. The number of aromatic nitrogens is 12. The van der Waals surface area contributed by atoms with Gasteiger partial charge in [-0.05, 0) is 159 Å². The average molecular weight is 1200 g/mol. The Kier molecular flexibility index (Phi) is 16.4. The van der Waals surface area contributed by atoms with E-state index in [1.807, 2.05) is 12.4 Å². The van der Waals surface area contributed by atoms with Gasteiger partial charge in [0, 0.05) is 59.2 Å². The zero-order valence-corrected chi connectivity index (χ0v) is 47.7. The maximum absolute atomic E-state index is 13.0. The molecule has 2 saturated heterocycles. The lowest BCUT2D eigenvalue weighted by atomic mass is 9.69. The SMILES string of the molecule is Brc1cnc(-n2cc(C3CC3)nn2)nc1.CN(C)C1(c2ccccc2)CCC2(CC1)CN(c1cnc(-n3cc(C4CC4)nn3)nc1)C(=O)N2.CN(C)C1(c2ccccc2)CCC2(CC1)CNC(=O)N2.[N-]=[N+]=Nc1ncc(Br)cn1. The number of hydrogen-bond donors (Lipinski definition) is 3. The van der Waals surface area contributed by atoms with E-state index >= 15 is 0 Å². The summed E-state index contributed by atoms with van der Waals surface area (Å²) < 4.78 is 4.83. The molecule has 4 aliphatic carbocycles. The molecule has 410 valence electrons. The molecule has 2 aromatic carbocycles. The van der Waals surface area contributed by atoms with Crippen molar-refractivity contribution in [3.63, 3.8) is 0 Å². The molecule has 79 heavy (non-hydrogen) atoms. The summed E-state index contributed by atoms with van der Waals surface area (Å²) in [7, 11) is 8.64. The zero-order valence-electron chi connectivity index (χ0n) is 44.6. The van der Waals surface area contributed by atoms with Gasteiger partial charge in [0.2, 0.25) is 5.95 Å². The van der Waals surface area contributed by atoms with Gasteiger partial charge < -0.3 is 16.0 Å². The highest BCUT2D eigenvalue weighted by atomic mass is 79.9. The van der Waals surface area contributed by atoms with Crippen molar-refractivity contribution in [2.75, 3.05) is 46.2 Å². The Hall–Kier alpha value is -7.31. The van der Waals surface area contributed by atoms with E-state index in [4.69, 9.17) is 5.53 Å². The molecular formula is C54H63Br2N21O2. The Morgan fingerprint density at radius 3 is 1.47 bits per heavy atom. The Labute approximate surface area is 474 Å². The van der Waals surface area contributed by atoms with E-state index < -0.39 is 0 Å². The molecule has 7 heterocycles. The minimum atomic E-state index is -0.227. The van der Waals surface area contributed by atoms with Crippen molar-refractivity contribution < 1.29 is 9.59 Å². The van der Waals surface area contributed by atoms with Crippen molar-refractivity contribution in [2.45, 2.75) is 111 Å². The third kappa shape index (κ3) is 12.6. The first kappa shape index (κ1) is 55.0. The van der Waals surface area contributed by atoms with Crippen LogP contribution in [0.25, 0.3) is 22.3 Å². The smallest absolute Gasteiger partial charge is 0.322 e. The van der Waals surface area contributed by atoms with Crippen LogP contribution in [0.4, 0.5) is 21.2 Å². The largest absolute Gasteiger partial charge is 0.336 e. The average Bonchev–Trinajstić information content (AvgIpc) is 4.46. The summed E-state index contributed by atoms with van der Waals surface area (Å²) >= 11 is 6.42. The van der Waals surface area contributed by atoms with Gasteiger partial charge in [0.25, 0.3) is 11.9 Å². The summed E-state index contributed by atoms with van der Waals surface area (Å²) in [6.45, 7) is 1.39. The number of nitrogens with one attached hydrogen (secondary N) is 3. The first-order valence-corrected chi connectivity index (χ1v) is 28.1. The Bertz CT molecular complexity index is 3220. The summed E-state index contributed by atoms with van der Waals surface area (Å²) in [6.07, 6.45) is 26.4. The van der Waals surface area contributed by atoms with Crippen molar-refractivity contribution in [3.05, 3.63) is 152 Å². The van der Waals surface area contributed by atoms with Gasteiger partial charge >= 0.3 is 12.1 Å². The van der Waals surface area contributed by atoms with Gasteiger partial charge in [-0.15, -0.1) is 10.2 Å². The highest BCUT2D eigenvalue weighted by Gasteiger charge is 2.51. The third-order valence-corrected chi connectivity index (χ3v) is 17.0. The molecule has 4 saturated carbocycles. The molecule has 0 unspecified atom stereocenters. The third-order valence-electron chi connectivity index (χ3n) is 16.2. The second kappa shape index (κ2) is 23.6. The van der Waals surface area contributed by atoms with Crippen LogP contribution in [0, 0.1) is 0 Å². The van der Waals surface area contributed by atoms with Crippen LogP contribution < -0.4 is 20.9 Å². The Morgan fingerprint density at radius 2 is 1.05 bits per heavy atom. The van der Waals surface area contributed by atoms with Crippen LogP contribution in [0.1, 0.15) is 111 Å². The minimum Gasteiger partial charge on any atom is -0.336 e. The number of azide groups is 1. The molecule has 0 atom stereocenters. The van der Waals surface area contributed by atoms with E-state index in [-0.39, 0.29) is 40.2 Å². The summed E-state index contributed by atoms with van der Waals surface area (Å²) in [4.78, 5) is 58.0. The van der Waals surface area contributed by atoms with Gasteiger partial charge in [-0.1, -0.05) is 71.1 Å². The van der Waals surface area contributed by atoms with E-state index in [2.05, 4.69) is 207 Å². The second-order valence-corrected chi connectivity index (χ2v) is 23.4. The highest BCUT2D eigenvalue weighted by molar-refractivity contribution is 9.10. The molecule has 0 bridgehead atoms. The van der Waals surface area contributed by atoms with Crippen LogP contribution in [0.5, 0.6) is 0 Å². The first-order valence-electron chi connectivity index (χ1n) is 26.5. The van der Waals surface area contributed by atoms with Crippen LogP contribution >= 0.6 is 31.9 Å². The molecular weight excluding hydrogens is 1130 g/mol. The predicted molar refractivity (Wildman–Crippen MR) is 303 cm³/mol. The normalized spacial score (nSPS) is 24.0. The molecule has 4 amide bonds. The Balaban J connectivity index is 0.000000132. The number of anilines is 1. The van der Waals surface area contributed by atoms with Crippen molar-refractivity contribution in [1.82, 2.24) is 85.6 Å². The van der Waals surface area contributed by atoms with E-state index in [9.17, 15) is 9.59 Å². The first-order chi connectivity index (χ1) is 38.2. The standard InChI is InChI=1S/C25H30N8O.C16H23N3O.C9H8BrN5.C4H2BrN5/c1-31(2)25(19-6-4-3-5-7-19)12-10-24(11-13-25)17-32(23(34)28-24)20-14-26-22(27-15-20)33-16-21(29-30-33)18-8-9-18;1-19(2)16(13-6-4-3-5-7-13)10-8-15(9-11-16)12-17-14(20)18-15;10-7-3-11-9(12-4-7)15-5-8(13-14-15)6-1-2-6;5-3-1-7-4(8-2-3)9-10-6/h3-7,14-16,18H,8-13,17H2,1-2H3,(H,28,34);3-7H,8-12H2,1-2H3,(H2,17,18,20);3-6H,1-2H2;1-2H. The van der Waals surface area contributed by atoms with Gasteiger partial charge in [0.1, 0.15) is 0 Å². The molecule has 3 N–H and O–H groups in total. The van der Waals surface area contributed by atoms with Crippen LogP contribution in [0.15, 0.2) is 124 Å². The van der Waals surface area contributed by atoms with Gasteiger partial charge in [0.15, 0.2) is 0 Å². The van der Waals surface area contributed by atoms with Crippen LogP contribution in [0.2, 0.25) is 0 Å². The zero-order chi connectivity index (χ0) is 55.2. The summed E-state index contributed by atoms with van der Waals surface area (Å²) in [5.74, 6) is 2.28. The van der Waals surface area contributed by atoms with E-state index in [0.717, 1.165) is 78.2 Å². The molecule has 13 rings (SSSR count). The molecule has 5 aromatic heterocycles. The number of nitrogens with zero attached hydrogens (tertiary/aromatic N) is 18. The molecule has 25 heteroatoms. The van der Waals surface area contributed by atoms with Crippen molar-refractivity contribution in [1.29, 1.82) is 0 Å². The van der Waals surface area contributed by atoms with E-state index in [1.165, 1.54) is 49.2 Å². The summed E-state index contributed by atoms with van der Waals surface area (Å²) in [6, 6.07) is 21.4. The monoisotopic (exact) mass is 1200 g/mol. The lowest BCUT2D eigenvalue weighted by Crippen LogP contribution is -2.54. The number of urea groups is 2. The molecule has 6 aliphatic rings. The van der Waals surface area contributed by atoms with Crippen LogP contribution in [-0.2, 0) is 11.1 Å². The number of rotatable bonds is 10. The van der Waals surface area contributed by atoms with Crippen molar-refractivity contribution >= 4 is 55.6 Å². The van der Waals surface area contributed by atoms with Crippen LogP contribution in [-0.4, -0.2) is 134 Å². The molecule has 0 radical (unpaired) electrons. The number of benzene rings is 2. The fourth-order valence-corrected chi connectivity index (χ4v) is 11.5. The topological polar surface area (TPSA) is 267 Å². The number of carbonyl (C=O) groups is 2. The molecule has 6 fully saturated rings. The van der Waals surface area contributed by atoms with E-state index in [0.29, 0.717) is 36.0 Å². The maximum atomic E-state index is 13.0. The van der Waals surface area contributed by atoms with Crippen LogP contribution in [0.3, 0.4) is 0 Å². The number of hydrogen-bond acceptors (Lipinski definition) is 15. The number of halogens is 2. The van der Waals surface area contributed by atoms with Gasteiger partial charge in [-0.2, -0.15) is 9.36 Å².